The van der Waals surface area contributed by atoms with E-state index in [1.807, 2.05) is 24.3 Å². The minimum Gasteiger partial charge on any atom is -0.490 e. The fourth-order valence-electron chi connectivity index (χ4n) is 2.89. The van der Waals surface area contributed by atoms with Gasteiger partial charge in [0.25, 0.3) is 0 Å². The van der Waals surface area contributed by atoms with Crippen LogP contribution in [0.15, 0.2) is 28.7 Å². The van der Waals surface area contributed by atoms with Gasteiger partial charge in [-0.25, -0.2) is 0 Å². The van der Waals surface area contributed by atoms with Crippen molar-refractivity contribution in [3.05, 3.63) is 28.7 Å². The van der Waals surface area contributed by atoms with Crippen LogP contribution in [0.5, 0.6) is 5.75 Å². The van der Waals surface area contributed by atoms with Gasteiger partial charge in [-0.15, -0.1) is 0 Å². The molecule has 1 aromatic carbocycles. The van der Waals surface area contributed by atoms with Crippen LogP contribution in [-0.4, -0.2) is 44.4 Å². The molecule has 2 rings (SSSR count). The molecule has 124 valence electrons. The van der Waals surface area contributed by atoms with Crippen LogP contribution in [0.1, 0.15) is 38.5 Å². The van der Waals surface area contributed by atoms with Gasteiger partial charge < -0.3 is 14.4 Å². The molecule has 0 bridgehead atoms. The Hall–Kier alpha value is -0.580. The molecule has 1 heterocycles. The molecule has 1 saturated heterocycles. The normalized spacial score (nSPS) is 16.8. The molecule has 1 aromatic rings. The summed E-state index contributed by atoms with van der Waals surface area (Å²) in [7, 11) is 1.78. The Morgan fingerprint density at radius 3 is 2.41 bits per heavy atom. The lowest BCUT2D eigenvalue weighted by Gasteiger charge is -2.32. The summed E-state index contributed by atoms with van der Waals surface area (Å²) in [4.78, 5) is 2.58. The van der Waals surface area contributed by atoms with Gasteiger partial charge in [0.1, 0.15) is 11.9 Å². The maximum atomic E-state index is 6.07. The smallest absolute Gasteiger partial charge is 0.119 e. The third-order valence-corrected chi connectivity index (χ3v) is 4.75. The second-order valence-electron chi connectivity index (χ2n) is 6.02. The predicted molar refractivity (Wildman–Crippen MR) is 94.6 cm³/mol. The SMILES string of the molecule is COCCCCCCN1CCC(Oc2ccc(Br)cc2)CC1. The molecule has 0 unspecified atom stereocenters. The van der Waals surface area contributed by atoms with Crippen LogP contribution in [0.2, 0.25) is 0 Å². The molecule has 0 spiro atoms. The second-order valence-corrected chi connectivity index (χ2v) is 6.94. The van der Waals surface area contributed by atoms with Crippen LogP contribution in [0.4, 0.5) is 0 Å². The summed E-state index contributed by atoms with van der Waals surface area (Å²) in [6.07, 6.45) is 7.76. The van der Waals surface area contributed by atoms with Crippen molar-refractivity contribution < 1.29 is 9.47 Å². The average Bonchev–Trinajstić information content (AvgIpc) is 2.54. The van der Waals surface area contributed by atoms with Gasteiger partial charge in [0.2, 0.25) is 0 Å². The van der Waals surface area contributed by atoms with E-state index in [2.05, 4.69) is 20.8 Å². The van der Waals surface area contributed by atoms with E-state index in [1.54, 1.807) is 7.11 Å². The third kappa shape index (κ3) is 6.67. The van der Waals surface area contributed by atoms with Crippen LogP contribution in [0.25, 0.3) is 0 Å². The van der Waals surface area contributed by atoms with Crippen molar-refractivity contribution in [3.63, 3.8) is 0 Å². The van der Waals surface area contributed by atoms with E-state index in [0.717, 1.165) is 29.7 Å². The maximum absolute atomic E-state index is 6.07. The van der Waals surface area contributed by atoms with Crippen molar-refractivity contribution in [2.45, 2.75) is 44.6 Å². The summed E-state index contributed by atoms with van der Waals surface area (Å²) in [5.41, 5.74) is 0. The van der Waals surface area contributed by atoms with Crippen LogP contribution < -0.4 is 4.74 Å². The van der Waals surface area contributed by atoms with Gasteiger partial charge in [0, 0.05) is 31.3 Å². The van der Waals surface area contributed by atoms with Crippen molar-refractivity contribution in [3.8, 4) is 5.75 Å². The van der Waals surface area contributed by atoms with E-state index in [4.69, 9.17) is 9.47 Å². The van der Waals surface area contributed by atoms with Crippen molar-refractivity contribution in [2.24, 2.45) is 0 Å². The topological polar surface area (TPSA) is 21.7 Å². The molecule has 22 heavy (non-hydrogen) atoms. The number of hydrogen-bond acceptors (Lipinski definition) is 3. The average molecular weight is 370 g/mol. The number of rotatable bonds is 9. The third-order valence-electron chi connectivity index (χ3n) is 4.22. The van der Waals surface area contributed by atoms with Crippen LogP contribution in [0, 0.1) is 0 Å². The first-order chi connectivity index (χ1) is 10.8. The number of methoxy groups -OCH3 is 1. The van der Waals surface area contributed by atoms with Crippen molar-refractivity contribution in [1.82, 2.24) is 4.90 Å². The van der Waals surface area contributed by atoms with Crippen LogP contribution >= 0.6 is 15.9 Å². The standard InChI is InChI=1S/C18H28BrNO2/c1-21-15-5-3-2-4-12-20-13-10-18(11-14-20)22-17-8-6-16(19)7-9-17/h6-9,18H,2-5,10-15H2,1H3. The molecule has 3 nitrogen and oxygen atoms in total. The van der Waals surface area contributed by atoms with Gasteiger partial charge in [-0.1, -0.05) is 28.8 Å². The molecule has 0 radical (unpaired) electrons. The molecule has 1 fully saturated rings. The summed E-state index contributed by atoms with van der Waals surface area (Å²) in [6.45, 7) is 4.47. The van der Waals surface area contributed by atoms with Crippen molar-refractivity contribution >= 4 is 15.9 Å². The first-order valence-corrected chi connectivity index (χ1v) is 9.21. The largest absolute Gasteiger partial charge is 0.490 e. The lowest BCUT2D eigenvalue weighted by atomic mass is 10.1. The zero-order valence-corrected chi connectivity index (χ0v) is 15.2. The molecule has 0 aliphatic carbocycles. The molecule has 4 heteroatoms. The molecule has 0 saturated carbocycles. The molecule has 1 aliphatic rings. The van der Waals surface area contributed by atoms with Gasteiger partial charge in [-0.05, 0) is 56.5 Å². The highest BCUT2D eigenvalue weighted by Crippen LogP contribution is 2.21. The van der Waals surface area contributed by atoms with Gasteiger partial charge >= 0.3 is 0 Å². The Balaban J connectivity index is 1.56. The fourth-order valence-corrected chi connectivity index (χ4v) is 3.16. The van der Waals surface area contributed by atoms with Crippen molar-refractivity contribution in [1.29, 1.82) is 0 Å². The Bertz CT molecular complexity index is 402. The van der Waals surface area contributed by atoms with Crippen LogP contribution in [0.3, 0.4) is 0 Å². The zero-order chi connectivity index (χ0) is 15.6. The maximum Gasteiger partial charge on any atom is 0.119 e. The van der Waals surface area contributed by atoms with E-state index >= 15 is 0 Å². The van der Waals surface area contributed by atoms with E-state index in [0.29, 0.717) is 6.10 Å². The number of piperidine rings is 1. The first kappa shape index (κ1) is 17.8. The van der Waals surface area contributed by atoms with Gasteiger partial charge in [0.15, 0.2) is 0 Å². The zero-order valence-electron chi connectivity index (χ0n) is 13.6. The number of nitrogens with zero attached hydrogens (tertiary/aromatic N) is 1. The highest BCUT2D eigenvalue weighted by Gasteiger charge is 2.19. The molecule has 0 aromatic heterocycles. The number of unbranched alkanes of at least 4 members (excludes halogenated alkanes) is 3. The van der Waals surface area contributed by atoms with Crippen molar-refractivity contribution in [2.75, 3.05) is 33.4 Å². The molecule has 0 N–H and O–H groups in total. The lowest BCUT2D eigenvalue weighted by molar-refractivity contribution is 0.0993. The predicted octanol–water partition coefficient (Wildman–Crippen LogP) is 4.50. The number of ether oxygens (including phenoxy) is 2. The van der Waals surface area contributed by atoms with E-state index < -0.39 is 0 Å². The Morgan fingerprint density at radius 2 is 1.73 bits per heavy atom. The Labute approximate surface area is 143 Å². The summed E-state index contributed by atoms with van der Waals surface area (Å²) in [5.74, 6) is 0.986. The molecule has 1 aliphatic heterocycles. The highest BCUT2D eigenvalue weighted by atomic mass is 79.9. The van der Waals surface area contributed by atoms with Gasteiger partial charge in [-0.2, -0.15) is 0 Å². The minimum atomic E-state index is 0.374. The molecule has 0 amide bonds. The van der Waals surface area contributed by atoms with E-state index in [1.165, 1.54) is 45.3 Å². The summed E-state index contributed by atoms with van der Waals surface area (Å²) < 4.78 is 12.2. The van der Waals surface area contributed by atoms with E-state index in [9.17, 15) is 0 Å². The summed E-state index contributed by atoms with van der Waals surface area (Å²) in [6, 6.07) is 8.15. The molecular formula is C18H28BrNO2. The number of benzene rings is 1. The van der Waals surface area contributed by atoms with Gasteiger partial charge in [0.05, 0.1) is 0 Å². The summed E-state index contributed by atoms with van der Waals surface area (Å²) >= 11 is 3.45. The molecular weight excluding hydrogens is 342 g/mol. The second kappa shape index (κ2) is 10.2. The first-order valence-electron chi connectivity index (χ1n) is 8.41. The fraction of sp³-hybridized carbons (Fsp3) is 0.667. The molecule has 0 atom stereocenters. The summed E-state index contributed by atoms with van der Waals surface area (Å²) in [5, 5.41) is 0. The number of halogens is 1. The Kier molecular flexibility index (Phi) is 8.27. The van der Waals surface area contributed by atoms with E-state index in [-0.39, 0.29) is 0 Å². The quantitative estimate of drug-likeness (QED) is 0.598. The number of hydrogen-bond donors (Lipinski definition) is 0. The van der Waals surface area contributed by atoms with Crippen LogP contribution in [-0.2, 0) is 4.74 Å². The monoisotopic (exact) mass is 369 g/mol. The lowest BCUT2D eigenvalue weighted by Crippen LogP contribution is -2.38. The Morgan fingerprint density at radius 1 is 1.05 bits per heavy atom. The van der Waals surface area contributed by atoms with Gasteiger partial charge in [-0.3, -0.25) is 0 Å². The number of likely N-dealkylation sites (tertiary alicyclic amines) is 1. The highest BCUT2D eigenvalue weighted by molar-refractivity contribution is 9.10. The minimum absolute atomic E-state index is 0.374.